The van der Waals surface area contributed by atoms with E-state index in [-0.39, 0.29) is 22.9 Å². The number of nitrogens with zero attached hydrogens (tertiary/aromatic N) is 1. The maximum atomic E-state index is 12.8. The molecule has 0 aliphatic heterocycles. The Kier molecular flexibility index (Phi) is 6.05. The normalized spacial score (nSPS) is 12.0. The molecule has 0 fully saturated rings. The van der Waals surface area contributed by atoms with Crippen molar-refractivity contribution in [2.75, 3.05) is 11.3 Å². The molecule has 0 amide bonds. The van der Waals surface area contributed by atoms with Crippen LogP contribution in [0.15, 0.2) is 71.8 Å². The summed E-state index contributed by atoms with van der Waals surface area (Å²) < 4.78 is 71.3. The summed E-state index contributed by atoms with van der Waals surface area (Å²) in [6.45, 7) is 1.84. The van der Waals surface area contributed by atoms with Crippen LogP contribution in [0.5, 0.6) is 0 Å². The van der Waals surface area contributed by atoms with E-state index in [1.54, 1.807) is 31.2 Å². The summed E-state index contributed by atoms with van der Waals surface area (Å²) >= 11 is 0. The summed E-state index contributed by atoms with van der Waals surface area (Å²) in [5.41, 5.74) is 0.774. The minimum Gasteiger partial charge on any atom is -0.461 e. The molecule has 2 aromatic heterocycles. The number of halogens is 3. The molecule has 4 aromatic rings. The number of hydrogen-bond acceptors (Lipinski definition) is 5. The van der Waals surface area contributed by atoms with Gasteiger partial charge in [-0.15, -0.1) is 0 Å². The average molecular weight is 489 g/mol. The smallest absolute Gasteiger partial charge is 0.416 e. The van der Waals surface area contributed by atoms with E-state index in [1.807, 2.05) is 6.07 Å². The predicted molar refractivity (Wildman–Crippen MR) is 120 cm³/mol. The summed E-state index contributed by atoms with van der Waals surface area (Å²) in [5.74, 6) is -0.591. The number of alkyl halides is 3. The number of aromatic amines is 1. The molecular formula is C23H18F3N3O4S. The van der Waals surface area contributed by atoms with Gasteiger partial charge in [0.1, 0.15) is 11.3 Å². The van der Waals surface area contributed by atoms with Crippen molar-refractivity contribution in [3.63, 3.8) is 0 Å². The maximum absolute atomic E-state index is 12.8. The molecule has 0 radical (unpaired) electrons. The molecule has 0 spiro atoms. The fourth-order valence-electron chi connectivity index (χ4n) is 3.42. The second kappa shape index (κ2) is 8.82. The first kappa shape index (κ1) is 23.3. The topological polar surface area (TPSA) is 101 Å². The second-order valence-electron chi connectivity index (χ2n) is 7.21. The zero-order valence-corrected chi connectivity index (χ0v) is 18.5. The monoisotopic (exact) mass is 489 g/mol. The Balaban J connectivity index is 1.75. The van der Waals surface area contributed by atoms with Gasteiger partial charge in [-0.3, -0.25) is 4.72 Å². The second-order valence-corrected chi connectivity index (χ2v) is 8.89. The van der Waals surface area contributed by atoms with Gasteiger partial charge in [0.25, 0.3) is 10.0 Å². The molecule has 176 valence electrons. The lowest BCUT2D eigenvalue weighted by Gasteiger charge is -2.10. The van der Waals surface area contributed by atoms with E-state index in [9.17, 15) is 26.4 Å². The fraction of sp³-hybridized carbons (Fsp3) is 0.130. The molecule has 0 bridgehead atoms. The van der Waals surface area contributed by atoms with Gasteiger partial charge in [0, 0.05) is 10.9 Å². The Morgan fingerprint density at radius 3 is 2.38 bits per heavy atom. The van der Waals surface area contributed by atoms with Crippen molar-refractivity contribution in [3.8, 4) is 11.1 Å². The zero-order valence-electron chi connectivity index (χ0n) is 17.7. The van der Waals surface area contributed by atoms with Gasteiger partial charge in [0.15, 0.2) is 0 Å². The highest BCUT2D eigenvalue weighted by molar-refractivity contribution is 7.92. The maximum Gasteiger partial charge on any atom is 0.416 e. The number of aromatic nitrogens is 2. The third-order valence-corrected chi connectivity index (χ3v) is 6.33. The predicted octanol–water partition coefficient (Wildman–Crippen LogP) is 5.23. The average Bonchev–Trinajstić information content (AvgIpc) is 3.18. The highest BCUT2D eigenvalue weighted by atomic mass is 32.2. The number of carbonyl (C=O) groups excluding carboxylic acids is 1. The Morgan fingerprint density at radius 2 is 1.76 bits per heavy atom. The first-order valence-electron chi connectivity index (χ1n) is 10.0. The van der Waals surface area contributed by atoms with E-state index in [1.165, 1.54) is 12.3 Å². The van der Waals surface area contributed by atoms with E-state index >= 15 is 0 Å². The van der Waals surface area contributed by atoms with Crippen molar-refractivity contribution in [2.45, 2.75) is 18.0 Å². The Morgan fingerprint density at radius 1 is 1.09 bits per heavy atom. The van der Waals surface area contributed by atoms with Crippen LogP contribution < -0.4 is 4.72 Å². The summed E-state index contributed by atoms with van der Waals surface area (Å²) in [6.07, 6.45) is -3.34. The van der Waals surface area contributed by atoms with Crippen LogP contribution in [0.1, 0.15) is 23.0 Å². The summed E-state index contributed by atoms with van der Waals surface area (Å²) in [7, 11) is -4.20. The van der Waals surface area contributed by atoms with Gasteiger partial charge in [-0.05, 0) is 42.8 Å². The van der Waals surface area contributed by atoms with Gasteiger partial charge in [-0.25, -0.2) is 18.2 Å². The van der Waals surface area contributed by atoms with Gasteiger partial charge in [0.2, 0.25) is 0 Å². The molecule has 11 heteroatoms. The van der Waals surface area contributed by atoms with Gasteiger partial charge in [0.05, 0.1) is 29.0 Å². The van der Waals surface area contributed by atoms with Crippen molar-refractivity contribution < 1.29 is 31.1 Å². The quantitative estimate of drug-likeness (QED) is 0.362. The third-order valence-electron chi connectivity index (χ3n) is 4.94. The Labute approximate surface area is 192 Å². The number of anilines is 1. The third kappa shape index (κ3) is 4.60. The molecule has 7 nitrogen and oxygen atoms in total. The molecular weight excluding hydrogens is 471 g/mol. The van der Waals surface area contributed by atoms with Crippen molar-refractivity contribution in [2.24, 2.45) is 0 Å². The van der Waals surface area contributed by atoms with E-state index < -0.39 is 27.7 Å². The van der Waals surface area contributed by atoms with Crippen LogP contribution in [-0.2, 0) is 20.9 Å². The molecule has 2 heterocycles. The highest BCUT2D eigenvalue weighted by Crippen LogP contribution is 2.34. The van der Waals surface area contributed by atoms with Crippen LogP contribution >= 0.6 is 0 Å². The number of rotatable bonds is 6. The first-order valence-corrected chi connectivity index (χ1v) is 11.5. The lowest BCUT2D eigenvalue weighted by molar-refractivity contribution is -0.137. The molecule has 2 N–H and O–H groups in total. The van der Waals surface area contributed by atoms with Crippen LogP contribution in [0.25, 0.3) is 22.2 Å². The van der Waals surface area contributed by atoms with Gasteiger partial charge in [-0.2, -0.15) is 13.2 Å². The zero-order chi connectivity index (χ0) is 24.5. The minimum absolute atomic E-state index is 0.0685. The van der Waals surface area contributed by atoms with E-state index in [0.717, 1.165) is 12.1 Å². The van der Waals surface area contributed by atoms with Crippen molar-refractivity contribution in [3.05, 3.63) is 78.1 Å². The SMILES string of the molecule is CCOC(=O)c1[nH]c2ncc(NS(=O)(=O)c3ccc(C(F)(F)F)cc3)cc2c1-c1ccccc1. The highest BCUT2D eigenvalue weighted by Gasteiger charge is 2.30. The summed E-state index contributed by atoms with van der Waals surface area (Å²) in [5, 5.41) is 0.460. The number of carbonyl (C=O) groups is 1. The molecule has 0 atom stereocenters. The number of H-pyrrole nitrogens is 1. The van der Waals surface area contributed by atoms with Crippen molar-refractivity contribution in [1.29, 1.82) is 0 Å². The molecule has 0 aliphatic carbocycles. The minimum atomic E-state index is -4.58. The molecule has 0 saturated carbocycles. The van der Waals surface area contributed by atoms with Crippen LogP contribution in [0.3, 0.4) is 0 Å². The van der Waals surface area contributed by atoms with Crippen LogP contribution in [0, 0.1) is 0 Å². The fourth-order valence-corrected chi connectivity index (χ4v) is 4.46. The lowest BCUT2D eigenvalue weighted by atomic mass is 10.0. The van der Waals surface area contributed by atoms with Crippen LogP contribution in [-0.4, -0.2) is 31.0 Å². The van der Waals surface area contributed by atoms with Gasteiger partial charge in [-0.1, -0.05) is 30.3 Å². The lowest BCUT2D eigenvalue weighted by Crippen LogP contribution is -2.14. The molecule has 2 aromatic carbocycles. The molecule has 34 heavy (non-hydrogen) atoms. The molecule has 0 aliphatic rings. The molecule has 0 saturated heterocycles. The number of esters is 1. The molecule has 4 rings (SSSR count). The van der Waals surface area contributed by atoms with E-state index in [2.05, 4.69) is 14.7 Å². The number of nitrogens with one attached hydrogen (secondary N) is 2. The van der Waals surface area contributed by atoms with Gasteiger partial charge >= 0.3 is 12.1 Å². The van der Waals surface area contributed by atoms with Crippen molar-refractivity contribution in [1.82, 2.24) is 9.97 Å². The summed E-state index contributed by atoms with van der Waals surface area (Å²) in [6, 6.07) is 13.6. The van der Waals surface area contributed by atoms with Crippen LogP contribution in [0.4, 0.5) is 18.9 Å². The summed E-state index contributed by atoms with van der Waals surface area (Å²) in [4.78, 5) is 19.3. The number of benzene rings is 2. The molecule has 0 unspecified atom stereocenters. The van der Waals surface area contributed by atoms with E-state index in [0.29, 0.717) is 34.3 Å². The number of pyridine rings is 1. The van der Waals surface area contributed by atoms with Gasteiger partial charge < -0.3 is 9.72 Å². The number of hydrogen-bond donors (Lipinski definition) is 2. The number of ether oxygens (including phenoxy) is 1. The Hall–Kier alpha value is -3.86. The Bertz CT molecular complexity index is 1450. The van der Waals surface area contributed by atoms with Crippen LogP contribution in [0.2, 0.25) is 0 Å². The van der Waals surface area contributed by atoms with E-state index in [4.69, 9.17) is 4.74 Å². The number of sulfonamides is 1. The number of fused-ring (bicyclic) bond motifs is 1. The first-order chi connectivity index (χ1) is 16.1. The van der Waals surface area contributed by atoms with Crippen molar-refractivity contribution >= 4 is 32.7 Å². The standard InChI is InChI=1S/C23H18F3N3O4S/c1-2-33-22(30)20-19(14-6-4-3-5-7-14)18-12-16(13-27-21(18)28-20)29-34(31,32)17-10-8-15(9-11-17)23(24,25)26/h3-13,29H,2H2,1H3,(H,27,28). The largest absolute Gasteiger partial charge is 0.461 e.